The molecule has 6 rings (SSSR count). The molecule has 6 saturated heterocycles. The Morgan fingerprint density at radius 2 is 0.365 bits per heavy atom. The zero-order valence-corrected chi connectivity index (χ0v) is 67.4. The minimum Gasteiger partial charge on any atom is -0.356 e. The van der Waals surface area contributed by atoms with E-state index >= 15 is 0 Å². The van der Waals surface area contributed by atoms with Gasteiger partial charge < -0.3 is 61.3 Å². The number of hydrogen-bond acceptors (Lipinski definition) is 12. The van der Waals surface area contributed by atoms with E-state index in [-0.39, 0.29) is 106 Å². The Morgan fingerprint density at radius 1 is 0.221 bits per heavy atom. The molecule has 0 aromatic carbocycles. The Morgan fingerprint density at radius 3 is 0.538 bits per heavy atom. The standard InChI is InChI=1S/C16H30N2O2.C15H28N2O2.C14H26N2O2.C13H24N2O2.C12H22N2O2.C10H18N2O2/c1-3-5-6-7-8-9-10-11-18-13-14(12-15(18)19)16(20)17-4-2;1-3-5-6-7-8-9-10-17-12-13(11-14(17)18)15(19)16-4-2;1-3-5-6-7-8-9-16-11-12(10-13(16)17)14(18)15-4-2;1-3-5-6-7-8-15-10-11(9-12(15)16)13(17)14-4-2;1-3-5-6-7-14-9-10(8-11(14)15)12(16)13-4-2;1-3-5-12-7-8(6-9(12)13)10(14)11-4-2/h14H,3-13H2,1-2H3,(H,17,20);13H,3-12H2,1-2H3,(H,16,19);12H,3-11H2,1-2H3,(H,15,18);11H,3-10H2,1-2H3,(H,14,17);10H,3-9H2,1-2H3,(H,13,16);8H,3-7H2,1-2H3,(H,11,14). The van der Waals surface area contributed by atoms with E-state index in [1.54, 1.807) is 4.90 Å². The molecule has 0 aromatic heterocycles. The van der Waals surface area contributed by atoms with Crippen molar-refractivity contribution in [1.29, 1.82) is 0 Å². The van der Waals surface area contributed by atoms with Gasteiger partial charge in [-0.2, -0.15) is 0 Å². The van der Waals surface area contributed by atoms with E-state index in [0.29, 0.717) is 117 Å². The van der Waals surface area contributed by atoms with Gasteiger partial charge in [0.2, 0.25) is 70.9 Å². The van der Waals surface area contributed by atoms with Crippen LogP contribution < -0.4 is 31.9 Å². The van der Waals surface area contributed by atoms with Gasteiger partial charge in [0, 0.05) is 156 Å². The van der Waals surface area contributed by atoms with Crippen molar-refractivity contribution in [2.75, 3.05) is 118 Å². The molecule has 12 amide bonds. The van der Waals surface area contributed by atoms with Crippen LogP contribution in [-0.2, 0) is 57.5 Å². The van der Waals surface area contributed by atoms with Crippen molar-refractivity contribution in [3.8, 4) is 0 Å². The SMILES string of the molecule is CCCCCCCCCN1CC(C(=O)NCC)CC1=O.CCCCCCCCN1CC(C(=O)NCC)CC1=O.CCCCCCCN1CC(C(=O)NCC)CC1=O.CCCCCCN1CC(C(=O)NCC)CC1=O.CCCCCN1CC(C(=O)NCC)CC1=O.CCCN1CC(C(=O)NCC)CC1=O. The van der Waals surface area contributed by atoms with Gasteiger partial charge in [-0.25, -0.2) is 0 Å². The minimum absolute atomic E-state index is 0.0134. The van der Waals surface area contributed by atoms with E-state index in [9.17, 15) is 57.5 Å². The molecule has 0 spiro atoms. The Labute approximate surface area is 628 Å². The summed E-state index contributed by atoms with van der Waals surface area (Å²) in [6.07, 6.45) is 33.5. The average Bonchev–Trinajstić information content (AvgIpc) is 1.77. The van der Waals surface area contributed by atoms with E-state index < -0.39 is 0 Å². The zero-order valence-electron chi connectivity index (χ0n) is 67.4. The topological polar surface area (TPSA) is 296 Å². The fraction of sp³-hybridized carbons (Fsp3) is 0.850. The molecule has 24 heteroatoms. The highest BCUT2D eigenvalue weighted by Crippen LogP contribution is 2.24. The molecule has 24 nitrogen and oxygen atoms in total. The van der Waals surface area contributed by atoms with E-state index in [4.69, 9.17) is 0 Å². The summed E-state index contributed by atoms with van der Waals surface area (Å²) in [6, 6.07) is 0. The van der Waals surface area contributed by atoms with Gasteiger partial charge in [0.1, 0.15) is 0 Å². The molecule has 6 aliphatic rings. The summed E-state index contributed by atoms with van der Waals surface area (Å²) in [7, 11) is 0. The monoisotopic (exact) mass is 1470 g/mol. The smallest absolute Gasteiger partial charge is 0.225 e. The third-order valence-electron chi connectivity index (χ3n) is 19.8. The summed E-state index contributed by atoms with van der Waals surface area (Å²) >= 11 is 0. The van der Waals surface area contributed by atoms with Crippen molar-refractivity contribution < 1.29 is 57.5 Å². The van der Waals surface area contributed by atoms with Gasteiger partial charge in [0.05, 0.1) is 35.5 Å². The summed E-state index contributed by atoms with van der Waals surface area (Å²) in [4.78, 5) is 151. The predicted octanol–water partition coefficient (Wildman–Crippen LogP) is 10.1. The molecule has 0 bridgehead atoms. The van der Waals surface area contributed by atoms with Crippen LogP contribution in [-0.4, -0.2) is 218 Å². The number of carbonyl (C=O) groups excluding carboxylic acids is 12. The highest BCUT2D eigenvalue weighted by atomic mass is 16.2. The first-order valence-corrected chi connectivity index (χ1v) is 41.4. The molecular weight excluding hydrogens is 1320 g/mol. The van der Waals surface area contributed by atoms with Crippen LogP contribution in [0.15, 0.2) is 0 Å². The van der Waals surface area contributed by atoms with Gasteiger partial charge in [0.15, 0.2) is 0 Å². The van der Waals surface area contributed by atoms with E-state index in [0.717, 1.165) is 90.6 Å². The van der Waals surface area contributed by atoms with Gasteiger partial charge >= 0.3 is 0 Å². The minimum atomic E-state index is -0.132. The van der Waals surface area contributed by atoms with E-state index in [1.165, 1.54) is 116 Å². The maximum atomic E-state index is 11.8. The van der Waals surface area contributed by atoms with Gasteiger partial charge in [0.25, 0.3) is 0 Å². The molecule has 6 fully saturated rings. The van der Waals surface area contributed by atoms with Crippen LogP contribution >= 0.6 is 0 Å². The fourth-order valence-corrected chi connectivity index (χ4v) is 13.7. The van der Waals surface area contributed by atoms with Crippen molar-refractivity contribution in [3.05, 3.63) is 0 Å². The summed E-state index contributed by atoms with van der Waals surface area (Å²) in [5, 5.41) is 16.7. The van der Waals surface area contributed by atoms with Crippen LogP contribution in [0, 0.1) is 35.5 Å². The Balaban J connectivity index is 0.000000626. The molecule has 6 heterocycles. The number of amides is 12. The van der Waals surface area contributed by atoms with E-state index in [2.05, 4.69) is 66.5 Å². The van der Waals surface area contributed by atoms with Crippen LogP contribution in [0.25, 0.3) is 0 Å². The Hall–Kier alpha value is -6.36. The first-order chi connectivity index (χ1) is 50.1. The summed E-state index contributed by atoms with van der Waals surface area (Å²) < 4.78 is 0. The number of nitrogens with zero attached hydrogens (tertiary/aromatic N) is 6. The molecule has 6 N–H and O–H groups in total. The third-order valence-corrected chi connectivity index (χ3v) is 19.8. The van der Waals surface area contributed by atoms with Gasteiger partial charge in [-0.1, -0.05) is 170 Å². The number of hydrogen-bond donors (Lipinski definition) is 6. The lowest BCUT2D eigenvalue weighted by molar-refractivity contribution is -0.129. The predicted molar refractivity (Wildman–Crippen MR) is 414 cm³/mol. The van der Waals surface area contributed by atoms with Crippen molar-refractivity contribution >= 4 is 70.9 Å². The molecule has 0 radical (unpaired) electrons. The second-order valence-corrected chi connectivity index (χ2v) is 28.9. The molecule has 600 valence electrons. The van der Waals surface area contributed by atoms with Crippen LogP contribution in [0.2, 0.25) is 0 Å². The number of likely N-dealkylation sites (tertiary alicyclic amines) is 6. The molecule has 6 unspecified atom stereocenters. The van der Waals surface area contributed by atoms with Gasteiger partial charge in [-0.3, -0.25) is 57.5 Å². The van der Waals surface area contributed by atoms with E-state index in [1.807, 2.05) is 73.0 Å². The van der Waals surface area contributed by atoms with Crippen LogP contribution in [0.4, 0.5) is 0 Å². The highest BCUT2D eigenvalue weighted by Gasteiger charge is 2.38. The van der Waals surface area contributed by atoms with Crippen molar-refractivity contribution in [1.82, 2.24) is 61.3 Å². The quantitative estimate of drug-likeness (QED) is 0.0311. The summed E-state index contributed by atoms with van der Waals surface area (Å²) in [5.41, 5.74) is 0. The first kappa shape index (κ1) is 95.7. The molecule has 0 saturated carbocycles. The summed E-state index contributed by atoms with van der Waals surface area (Å²) in [6.45, 7) is 36.7. The maximum Gasteiger partial charge on any atom is 0.225 e. The number of nitrogens with one attached hydrogen (secondary N) is 6. The molecule has 104 heavy (non-hydrogen) atoms. The van der Waals surface area contributed by atoms with Crippen molar-refractivity contribution in [2.45, 2.75) is 289 Å². The van der Waals surface area contributed by atoms with Crippen molar-refractivity contribution in [2.24, 2.45) is 35.5 Å². The lowest BCUT2D eigenvalue weighted by atomic mass is 10.1. The second-order valence-electron chi connectivity index (χ2n) is 28.9. The number of unbranched alkanes of at least 4 members (excludes halogenated alkanes) is 20. The molecule has 6 atom stereocenters. The van der Waals surface area contributed by atoms with Crippen LogP contribution in [0.5, 0.6) is 0 Å². The Bertz CT molecular complexity index is 2470. The molecule has 0 aliphatic carbocycles. The largest absolute Gasteiger partial charge is 0.356 e. The lowest BCUT2D eigenvalue weighted by Gasteiger charge is -2.16. The second kappa shape index (κ2) is 59.7. The molecule has 6 aliphatic heterocycles. The molecular formula is C80H148N12O12. The normalized spacial score (nSPS) is 19.6. The lowest BCUT2D eigenvalue weighted by Crippen LogP contribution is -2.33. The summed E-state index contributed by atoms with van der Waals surface area (Å²) in [5.74, 6) is 0.171. The third kappa shape index (κ3) is 40.4. The highest BCUT2D eigenvalue weighted by molar-refractivity contribution is 5.92. The van der Waals surface area contributed by atoms with Gasteiger partial charge in [-0.05, 0) is 80.1 Å². The Kier molecular flexibility index (Phi) is 54.9. The number of carbonyl (C=O) groups is 12. The van der Waals surface area contributed by atoms with Crippen LogP contribution in [0.3, 0.4) is 0 Å². The average molecular weight is 1470 g/mol. The fourth-order valence-electron chi connectivity index (χ4n) is 13.7. The van der Waals surface area contributed by atoms with Crippen LogP contribution in [0.1, 0.15) is 289 Å². The molecule has 0 aromatic rings. The first-order valence-electron chi connectivity index (χ1n) is 41.4. The zero-order chi connectivity index (χ0) is 77.5. The van der Waals surface area contributed by atoms with Crippen molar-refractivity contribution in [3.63, 3.8) is 0 Å². The number of rotatable bonds is 44. The van der Waals surface area contributed by atoms with Gasteiger partial charge in [-0.15, -0.1) is 0 Å². The maximum absolute atomic E-state index is 11.8.